The van der Waals surface area contributed by atoms with E-state index >= 15 is 0 Å². The summed E-state index contributed by atoms with van der Waals surface area (Å²) in [4.78, 5) is 10.7. The molecule has 0 aliphatic rings. The molecule has 1 aromatic heterocycles. The zero-order valence-electron chi connectivity index (χ0n) is 13.1. The molecule has 0 bridgehead atoms. The van der Waals surface area contributed by atoms with Gasteiger partial charge in [0.05, 0.1) is 17.2 Å². The SMILES string of the molecule is CN=C(NCCc1ccccc1F)N(C)Cc1csc(C)n1. The van der Waals surface area contributed by atoms with Gasteiger partial charge in [-0.15, -0.1) is 11.3 Å². The van der Waals surface area contributed by atoms with E-state index in [9.17, 15) is 4.39 Å². The first-order valence-corrected chi connectivity index (χ1v) is 8.04. The molecule has 0 atom stereocenters. The fourth-order valence-corrected chi connectivity index (χ4v) is 2.80. The molecule has 0 saturated carbocycles. The minimum Gasteiger partial charge on any atom is -0.356 e. The zero-order valence-corrected chi connectivity index (χ0v) is 14.0. The Labute approximate surface area is 134 Å². The van der Waals surface area contributed by atoms with E-state index in [2.05, 4.69) is 20.7 Å². The first-order chi connectivity index (χ1) is 10.6. The summed E-state index contributed by atoms with van der Waals surface area (Å²) in [6.07, 6.45) is 0.620. The van der Waals surface area contributed by atoms with Crippen LogP contribution in [0, 0.1) is 12.7 Å². The molecule has 0 unspecified atom stereocenters. The number of rotatable bonds is 5. The van der Waals surface area contributed by atoms with Gasteiger partial charge in [0.1, 0.15) is 5.82 Å². The molecule has 0 spiro atoms. The molecule has 0 saturated heterocycles. The smallest absolute Gasteiger partial charge is 0.193 e. The van der Waals surface area contributed by atoms with Crippen LogP contribution in [0.3, 0.4) is 0 Å². The van der Waals surface area contributed by atoms with Crippen LogP contribution in [-0.2, 0) is 13.0 Å². The summed E-state index contributed by atoms with van der Waals surface area (Å²) >= 11 is 1.64. The Morgan fingerprint density at radius 2 is 2.18 bits per heavy atom. The van der Waals surface area contributed by atoms with E-state index in [0.717, 1.165) is 16.7 Å². The number of nitrogens with one attached hydrogen (secondary N) is 1. The molecule has 1 N–H and O–H groups in total. The lowest BCUT2D eigenvalue weighted by atomic mass is 10.1. The predicted octanol–water partition coefficient (Wildman–Crippen LogP) is 2.84. The van der Waals surface area contributed by atoms with Crippen LogP contribution in [0.25, 0.3) is 0 Å². The van der Waals surface area contributed by atoms with Crippen LogP contribution in [0.2, 0.25) is 0 Å². The Kier molecular flexibility index (Phi) is 5.89. The number of guanidine groups is 1. The third kappa shape index (κ3) is 4.53. The van der Waals surface area contributed by atoms with E-state index in [0.29, 0.717) is 25.1 Å². The van der Waals surface area contributed by atoms with Gasteiger partial charge in [-0.25, -0.2) is 9.37 Å². The summed E-state index contributed by atoms with van der Waals surface area (Å²) in [6.45, 7) is 3.33. The molecule has 0 aliphatic carbocycles. The normalized spacial score (nSPS) is 11.5. The number of nitrogens with zero attached hydrogens (tertiary/aromatic N) is 3. The summed E-state index contributed by atoms with van der Waals surface area (Å²) in [5, 5.41) is 6.37. The third-order valence-electron chi connectivity index (χ3n) is 3.27. The lowest BCUT2D eigenvalue weighted by Gasteiger charge is -2.21. The van der Waals surface area contributed by atoms with E-state index in [1.807, 2.05) is 31.0 Å². The van der Waals surface area contributed by atoms with E-state index in [1.165, 1.54) is 6.07 Å². The largest absolute Gasteiger partial charge is 0.356 e. The zero-order chi connectivity index (χ0) is 15.9. The fourth-order valence-electron chi connectivity index (χ4n) is 2.19. The van der Waals surface area contributed by atoms with Crippen LogP contribution >= 0.6 is 11.3 Å². The molecule has 0 amide bonds. The lowest BCUT2D eigenvalue weighted by molar-refractivity contribution is 0.471. The molecule has 0 fully saturated rings. The lowest BCUT2D eigenvalue weighted by Crippen LogP contribution is -2.39. The van der Waals surface area contributed by atoms with Crippen molar-refractivity contribution in [3.05, 3.63) is 51.7 Å². The Hall–Kier alpha value is -1.95. The van der Waals surface area contributed by atoms with Gasteiger partial charge in [-0.2, -0.15) is 0 Å². The highest BCUT2D eigenvalue weighted by atomic mass is 32.1. The number of hydrogen-bond donors (Lipinski definition) is 1. The van der Waals surface area contributed by atoms with Gasteiger partial charge in [-0.3, -0.25) is 4.99 Å². The fraction of sp³-hybridized carbons (Fsp3) is 0.375. The number of aryl methyl sites for hydroxylation is 1. The molecule has 4 nitrogen and oxygen atoms in total. The monoisotopic (exact) mass is 320 g/mol. The van der Waals surface area contributed by atoms with E-state index in [4.69, 9.17) is 0 Å². The molecule has 22 heavy (non-hydrogen) atoms. The molecule has 118 valence electrons. The van der Waals surface area contributed by atoms with Gasteiger partial charge in [0.15, 0.2) is 5.96 Å². The third-order valence-corrected chi connectivity index (χ3v) is 4.10. The highest BCUT2D eigenvalue weighted by molar-refractivity contribution is 7.09. The average molecular weight is 320 g/mol. The maximum atomic E-state index is 13.6. The van der Waals surface area contributed by atoms with E-state index in [1.54, 1.807) is 24.5 Å². The van der Waals surface area contributed by atoms with Gasteiger partial charge in [0.25, 0.3) is 0 Å². The quantitative estimate of drug-likeness (QED) is 0.680. The van der Waals surface area contributed by atoms with E-state index in [-0.39, 0.29) is 5.82 Å². The number of aliphatic imine (C=N–C) groups is 1. The second kappa shape index (κ2) is 7.89. The maximum Gasteiger partial charge on any atom is 0.193 e. The molecule has 1 heterocycles. The van der Waals surface area contributed by atoms with E-state index < -0.39 is 0 Å². The Morgan fingerprint density at radius 3 is 2.82 bits per heavy atom. The second-order valence-corrected chi connectivity index (χ2v) is 6.09. The summed E-state index contributed by atoms with van der Waals surface area (Å²) in [5.74, 6) is 0.618. The summed E-state index contributed by atoms with van der Waals surface area (Å²) in [6, 6.07) is 6.85. The minimum atomic E-state index is -0.161. The summed E-state index contributed by atoms with van der Waals surface area (Å²) < 4.78 is 13.6. The van der Waals surface area contributed by atoms with Crippen molar-refractivity contribution in [3.8, 4) is 0 Å². The van der Waals surface area contributed by atoms with Crippen LogP contribution in [-0.4, -0.2) is 36.5 Å². The molecule has 2 aromatic rings. The van der Waals surface area contributed by atoms with Gasteiger partial charge in [-0.1, -0.05) is 18.2 Å². The topological polar surface area (TPSA) is 40.5 Å². The summed E-state index contributed by atoms with van der Waals surface area (Å²) in [5.41, 5.74) is 1.74. The molecule has 2 rings (SSSR count). The molecule has 6 heteroatoms. The van der Waals surface area contributed by atoms with Gasteiger partial charge in [0, 0.05) is 26.0 Å². The number of thiazole rings is 1. The van der Waals surface area contributed by atoms with Gasteiger partial charge < -0.3 is 10.2 Å². The molecular formula is C16H21FN4S. The Morgan fingerprint density at radius 1 is 1.41 bits per heavy atom. The van der Waals surface area contributed by atoms with Crippen molar-refractivity contribution in [2.75, 3.05) is 20.6 Å². The molecule has 0 aliphatic heterocycles. The van der Waals surface area contributed by atoms with Gasteiger partial charge in [0.2, 0.25) is 0 Å². The van der Waals surface area contributed by atoms with Crippen LogP contribution in [0.4, 0.5) is 4.39 Å². The number of hydrogen-bond acceptors (Lipinski definition) is 3. The van der Waals surface area contributed by atoms with Crippen molar-refractivity contribution in [2.24, 2.45) is 4.99 Å². The first-order valence-electron chi connectivity index (χ1n) is 7.16. The Bertz CT molecular complexity index is 639. The van der Waals surface area contributed by atoms with Crippen LogP contribution in [0.5, 0.6) is 0 Å². The van der Waals surface area contributed by atoms with Crippen LogP contribution in [0.15, 0.2) is 34.6 Å². The highest BCUT2D eigenvalue weighted by Gasteiger charge is 2.09. The number of benzene rings is 1. The predicted molar refractivity (Wildman–Crippen MR) is 89.8 cm³/mol. The van der Waals surface area contributed by atoms with Crippen molar-refractivity contribution in [1.29, 1.82) is 0 Å². The highest BCUT2D eigenvalue weighted by Crippen LogP contribution is 2.10. The number of halogens is 1. The Balaban J connectivity index is 1.85. The maximum absolute atomic E-state index is 13.6. The van der Waals surface area contributed by atoms with Crippen molar-refractivity contribution in [3.63, 3.8) is 0 Å². The first kappa shape index (κ1) is 16.4. The minimum absolute atomic E-state index is 0.161. The number of aromatic nitrogens is 1. The van der Waals surface area contributed by atoms with Crippen molar-refractivity contribution >= 4 is 17.3 Å². The second-order valence-electron chi connectivity index (χ2n) is 5.03. The standard InChI is InChI=1S/C16H21FN4S/c1-12-20-14(11-22-12)10-21(3)16(18-2)19-9-8-13-6-4-5-7-15(13)17/h4-7,11H,8-10H2,1-3H3,(H,18,19). The average Bonchev–Trinajstić information content (AvgIpc) is 2.90. The van der Waals surface area contributed by atoms with Gasteiger partial charge in [-0.05, 0) is 25.0 Å². The molecule has 1 aromatic carbocycles. The van der Waals surface area contributed by atoms with Crippen molar-refractivity contribution < 1.29 is 4.39 Å². The molecular weight excluding hydrogens is 299 g/mol. The van der Waals surface area contributed by atoms with Crippen LogP contribution < -0.4 is 5.32 Å². The van der Waals surface area contributed by atoms with Crippen molar-refractivity contribution in [2.45, 2.75) is 19.9 Å². The molecule has 0 radical (unpaired) electrons. The van der Waals surface area contributed by atoms with Crippen molar-refractivity contribution in [1.82, 2.24) is 15.2 Å². The van der Waals surface area contributed by atoms with Gasteiger partial charge >= 0.3 is 0 Å². The van der Waals surface area contributed by atoms with Crippen LogP contribution in [0.1, 0.15) is 16.3 Å². The summed E-state index contributed by atoms with van der Waals surface area (Å²) in [7, 11) is 3.71.